The average Bonchev–Trinajstić information content (AvgIpc) is 2.74. The van der Waals surface area contributed by atoms with Gasteiger partial charge in [-0.1, -0.05) is 12.8 Å². The molecule has 0 saturated heterocycles. The first-order valence-electron chi connectivity index (χ1n) is 6.74. The summed E-state index contributed by atoms with van der Waals surface area (Å²) < 4.78 is 0. The van der Waals surface area contributed by atoms with E-state index < -0.39 is 0 Å². The van der Waals surface area contributed by atoms with Crippen LogP contribution in [0.15, 0.2) is 0 Å². The first-order valence-corrected chi connectivity index (χ1v) is 6.74. The van der Waals surface area contributed by atoms with Crippen molar-refractivity contribution >= 4 is 5.91 Å². The van der Waals surface area contributed by atoms with Crippen molar-refractivity contribution in [2.75, 3.05) is 13.2 Å². The van der Waals surface area contributed by atoms with E-state index in [1.54, 1.807) is 0 Å². The lowest BCUT2D eigenvalue weighted by molar-refractivity contribution is -0.123. The van der Waals surface area contributed by atoms with Crippen molar-refractivity contribution in [2.24, 2.45) is 11.1 Å². The van der Waals surface area contributed by atoms with Gasteiger partial charge in [-0.15, -0.1) is 0 Å². The van der Waals surface area contributed by atoms with Crippen molar-refractivity contribution in [1.82, 2.24) is 5.32 Å². The number of rotatable bonds is 5. The van der Waals surface area contributed by atoms with Crippen LogP contribution in [-0.4, -0.2) is 29.7 Å². The average molecular weight is 240 g/mol. The number of nitrogens with two attached hydrogens (primary N) is 1. The van der Waals surface area contributed by atoms with E-state index in [2.05, 4.69) is 5.32 Å². The SMILES string of the molecule is NC1(CC(=O)NCC2(CO)CCCC2)CCC1. The quantitative estimate of drug-likeness (QED) is 0.669. The third-order valence-corrected chi connectivity index (χ3v) is 4.52. The predicted molar refractivity (Wildman–Crippen MR) is 66.4 cm³/mol. The molecule has 4 heteroatoms. The molecular formula is C13H24N2O2. The van der Waals surface area contributed by atoms with Crippen molar-refractivity contribution in [3.63, 3.8) is 0 Å². The molecule has 17 heavy (non-hydrogen) atoms. The topological polar surface area (TPSA) is 75.4 Å². The number of nitrogens with one attached hydrogen (secondary N) is 1. The molecular weight excluding hydrogens is 216 g/mol. The number of aliphatic hydroxyl groups is 1. The maximum atomic E-state index is 11.8. The van der Waals surface area contributed by atoms with Gasteiger partial charge < -0.3 is 16.2 Å². The van der Waals surface area contributed by atoms with E-state index in [4.69, 9.17) is 5.73 Å². The maximum absolute atomic E-state index is 11.8. The lowest BCUT2D eigenvalue weighted by atomic mass is 9.75. The Hall–Kier alpha value is -0.610. The van der Waals surface area contributed by atoms with Crippen LogP contribution in [0.4, 0.5) is 0 Å². The Kier molecular flexibility index (Phi) is 3.73. The van der Waals surface area contributed by atoms with Gasteiger partial charge in [-0.2, -0.15) is 0 Å². The fourth-order valence-corrected chi connectivity index (χ4v) is 2.99. The maximum Gasteiger partial charge on any atom is 0.221 e. The van der Waals surface area contributed by atoms with Crippen LogP contribution in [-0.2, 0) is 4.79 Å². The van der Waals surface area contributed by atoms with E-state index in [1.165, 1.54) is 0 Å². The summed E-state index contributed by atoms with van der Waals surface area (Å²) in [6, 6.07) is 0. The fraction of sp³-hybridized carbons (Fsp3) is 0.923. The molecule has 0 spiro atoms. The van der Waals surface area contributed by atoms with Crippen LogP contribution >= 0.6 is 0 Å². The van der Waals surface area contributed by atoms with E-state index in [1.807, 2.05) is 0 Å². The summed E-state index contributed by atoms with van der Waals surface area (Å²) in [6.07, 6.45) is 7.89. The second-order valence-corrected chi connectivity index (χ2v) is 6.03. The van der Waals surface area contributed by atoms with Gasteiger partial charge in [0.05, 0.1) is 6.61 Å². The van der Waals surface area contributed by atoms with Gasteiger partial charge in [0.15, 0.2) is 0 Å². The summed E-state index contributed by atoms with van der Waals surface area (Å²) in [5.41, 5.74) is 5.74. The smallest absolute Gasteiger partial charge is 0.221 e. The van der Waals surface area contributed by atoms with Gasteiger partial charge in [0.25, 0.3) is 0 Å². The van der Waals surface area contributed by atoms with Gasteiger partial charge in [-0.25, -0.2) is 0 Å². The zero-order valence-corrected chi connectivity index (χ0v) is 10.5. The molecule has 1 amide bonds. The van der Waals surface area contributed by atoms with E-state index in [9.17, 15) is 9.90 Å². The lowest BCUT2D eigenvalue weighted by Gasteiger charge is -2.37. The van der Waals surface area contributed by atoms with Crippen LogP contribution < -0.4 is 11.1 Å². The van der Waals surface area contributed by atoms with Crippen molar-refractivity contribution < 1.29 is 9.90 Å². The molecule has 0 aromatic rings. The van der Waals surface area contributed by atoms with E-state index >= 15 is 0 Å². The summed E-state index contributed by atoms with van der Waals surface area (Å²) in [5.74, 6) is 0.0481. The normalized spacial score (nSPS) is 25.3. The van der Waals surface area contributed by atoms with Gasteiger partial charge >= 0.3 is 0 Å². The molecule has 2 rings (SSSR count). The second-order valence-electron chi connectivity index (χ2n) is 6.03. The number of amides is 1. The highest BCUT2D eigenvalue weighted by atomic mass is 16.3. The minimum Gasteiger partial charge on any atom is -0.396 e. The standard InChI is InChI=1S/C13H24N2O2/c14-13(6-3-7-13)8-11(17)15-9-12(10-16)4-1-2-5-12/h16H,1-10,14H2,(H,15,17). The van der Waals surface area contributed by atoms with Crippen LogP contribution in [0, 0.1) is 5.41 Å². The first kappa shape index (κ1) is 12.8. The molecule has 2 fully saturated rings. The molecule has 4 N–H and O–H groups in total. The Morgan fingerprint density at radius 2 is 1.82 bits per heavy atom. The monoisotopic (exact) mass is 240 g/mol. The molecule has 2 saturated carbocycles. The Morgan fingerprint density at radius 3 is 2.29 bits per heavy atom. The zero-order chi connectivity index (χ0) is 12.4. The number of carbonyl (C=O) groups is 1. The van der Waals surface area contributed by atoms with Crippen molar-refractivity contribution in [3.8, 4) is 0 Å². The van der Waals surface area contributed by atoms with Crippen molar-refractivity contribution in [2.45, 2.75) is 56.9 Å². The molecule has 4 nitrogen and oxygen atoms in total. The van der Waals surface area contributed by atoms with Gasteiger partial charge in [-0.3, -0.25) is 4.79 Å². The molecule has 0 heterocycles. The Labute approximate surface area is 103 Å². The molecule has 0 bridgehead atoms. The highest BCUT2D eigenvalue weighted by molar-refractivity contribution is 5.77. The Bertz CT molecular complexity index is 281. The third kappa shape index (κ3) is 2.99. The molecule has 0 unspecified atom stereocenters. The van der Waals surface area contributed by atoms with E-state index in [0.29, 0.717) is 13.0 Å². The van der Waals surface area contributed by atoms with E-state index in [0.717, 1.165) is 44.9 Å². The number of hydrogen-bond donors (Lipinski definition) is 3. The van der Waals surface area contributed by atoms with Crippen molar-refractivity contribution in [1.29, 1.82) is 0 Å². The Morgan fingerprint density at radius 1 is 1.18 bits per heavy atom. The largest absolute Gasteiger partial charge is 0.396 e. The van der Waals surface area contributed by atoms with Crippen LogP contribution in [0.5, 0.6) is 0 Å². The number of hydrogen-bond acceptors (Lipinski definition) is 3. The molecule has 2 aliphatic rings. The van der Waals surface area contributed by atoms with Gasteiger partial charge in [0, 0.05) is 23.9 Å². The van der Waals surface area contributed by atoms with Gasteiger partial charge in [-0.05, 0) is 32.1 Å². The zero-order valence-electron chi connectivity index (χ0n) is 10.5. The summed E-state index contributed by atoms with van der Waals surface area (Å²) >= 11 is 0. The van der Waals surface area contributed by atoms with Crippen LogP contribution in [0.2, 0.25) is 0 Å². The minimum atomic E-state index is -0.244. The molecule has 0 aliphatic heterocycles. The van der Waals surface area contributed by atoms with E-state index in [-0.39, 0.29) is 23.5 Å². The first-order chi connectivity index (χ1) is 8.08. The molecule has 0 aromatic heterocycles. The van der Waals surface area contributed by atoms with Gasteiger partial charge in [0.2, 0.25) is 5.91 Å². The number of aliphatic hydroxyl groups excluding tert-OH is 1. The van der Waals surface area contributed by atoms with Crippen molar-refractivity contribution in [3.05, 3.63) is 0 Å². The number of carbonyl (C=O) groups excluding carboxylic acids is 1. The van der Waals surface area contributed by atoms with Crippen LogP contribution in [0.25, 0.3) is 0 Å². The summed E-state index contributed by atoms with van der Waals surface area (Å²) in [6.45, 7) is 0.791. The molecule has 0 radical (unpaired) electrons. The summed E-state index contributed by atoms with van der Waals surface area (Å²) in [5, 5.41) is 12.4. The van der Waals surface area contributed by atoms with Crippen LogP contribution in [0.1, 0.15) is 51.4 Å². The molecule has 2 aliphatic carbocycles. The highest BCUT2D eigenvalue weighted by Gasteiger charge is 2.36. The van der Waals surface area contributed by atoms with Crippen LogP contribution in [0.3, 0.4) is 0 Å². The fourth-order valence-electron chi connectivity index (χ4n) is 2.99. The minimum absolute atomic E-state index is 0.0481. The van der Waals surface area contributed by atoms with Gasteiger partial charge in [0.1, 0.15) is 0 Å². The Balaban J connectivity index is 1.75. The molecule has 0 aromatic carbocycles. The molecule has 98 valence electrons. The summed E-state index contributed by atoms with van der Waals surface area (Å²) in [4.78, 5) is 11.8. The predicted octanol–water partition coefficient (Wildman–Crippen LogP) is 0.927. The summed E-state index contributed by atoms with van der Waals surface area (Å²) in [7, 11) is 0. The lowest BCUT2D eigenvalue weighted by Crippen LogP contribution is -2.51. The molecule has 0 atom stereocenters. The second kappa shape index (κ2) is 4.94. The third-order valence-electron chi connectivity index (χ3n) is 4.52. The highest BCUT2D eigenvalue weighted by Crippen LogP contribution is 2.37.